The SMILES string of the molecule is C=C(F)CC/C(=C\F)CC(C)C1CCC(/C(=C/C)c2ccccc2N)C1. The first-order valence-corrected chi connectivity index (χ1v) is 9.58. The summed E-state index contributed by atoms with van der Waals surface area (Å²) in [5.74, 6) is 1.07. The second-order valence-corrected chi connectivity index (χ2v) is 7.57. The molecule has 0 saturated heterocycles. The molecule has 0 amide bonds. The van der Waals surface area contributed by atoms with E-state index in [4.69, 9.17) is 5.73 Å². The summed E-state index contributed by atoms with van der Waals surface area (Å²) >= 11 is 0. The van der Waals surface area contributed by atoms with Crippen LogP contribution in [-0.2, 0) is 0 Å². The summed E-state index contributed by atoms with van der Waals surface area (Å²) < 4.78 is 26.0. The van der Waals surface area contributed by atoms with Crippen molar-refractivity contribution in [2.45, 2.75) is 52.4 Å². The minimum atomic E-state index is -0.379. The number of hydrogen-bond acceptors (Lipinski definition) is 1. The number of halogens is 2. The number of allylic oxidation sites excluding steroid dienone is 4. The van der Waals surface area contributed by atoms with Crippen LogP contribution in [0, 0.1) is 17.8 Å². The normalized spacial score (nSPS) is 22.5. The second kappa shape index (κ2) is 9.70. The molecule has 1 aliphatic carbocycles. The molecule has 0 bridgehead atoms. The van der Waals surface area contributed by atoms with Crippen LogP contribution in [0.5, 0.6) is 0 Å². The lowest BCUT2D eigenvalue weighted by Gasteiger charge is -2.22. The molecule has 0 aromatic heterocycles. The highest BCUT2D eigenvalue weighted by Crippen LogP contribution is 2.45. The molecule has 3 atom stereocenters. The molecule has 0 radical (unpaired) electrons. The van der Waals surface area contributed by atoms with Gasteiger partial charge in [0.15, 0.2) is 0 Å². The Kier molecular flexibility index (Phi) is 7.62. The monoisotopic (exact) mass is 359 g/mol. The van der Waals surface area contributed by atoms with E-state index in [-0.39, 0.29) is 12.2 Å². The van der Waals surface area contributed by atoms with Gasteiger partial charge in [-0.05, 0) is 74.0 Å². The third kappa shape index (κ3) is 5.30. The molecule has 142 valence electrons. The van der Waals surface area contributed by atoms with Gasteiger partial charge in [-0.3, -0.25) is 0 Å². The summed E-state index contributed by atoms with van der Waals surface area (Å²) in [6.45, 7) is 7.52. The van der Waals surface area contributed by atoms with Crippen molar-refractivity contribution in [1.82, 2.24) is 0 Å². The Morgan fingerprint density at radius 2 is 2.04 bits per heavy atom. The van der Waals surface area contributed by atoms with E-state index >= 15 is 0 Å². The van der Waals surface area contributed by atoms with E-state index in [0.29, 0.717) is 42.5 Å². The molecule has 3 heteroatoms. The summed E-state index contributed by atoms with van der Waals surface area (Å²) in [5.41, 5.74) is 10.2. The fourth-order valence-electron chi connectivity index (χ4n) is 4.26. The first-order chi connectivity index (χ1) is 12.5. The molecule has 1 aliphatic rings. The number of nitrogen functional groups attached to an aromatic ring is 1. The van der Waals surface area contributed by atoms with Gasteiger partial charge in [0.1, 0.15) is 0 Å². The van der Waals surface area contributed by atoms with Crippen molar-refractivity contribution < 1.29 is 8.78 Å². The largest absolute Gasteiger partial charge is 0.398 e. The summed E-state index contributed by atoms with van der Waals surface area (Å²) in [7, 11) is 0. The summed E-state index contributed by atoms with van der Waals surface area (Å²) in [6, 6.07) is 8.03. The van der Waals surface area contributed by atoms with Crippen LogP contribution in [0.4, 0.5) is 14.5 Å². The molecule has 1 saturated carbocycles. The number of para-hydroxylation sites is 1. The van der Waals surface area contributed by atoms with Crippen LogP contribution in [-0.4, -0.2) is 0 Å². The molecule has 0 aliphatic heterocycles. The van der Waals surface area contributed by atoms with Crippen LogP contribution >= 0.6 is 0 Å². The zero-order valence-corrected chi connectivity index (χ0v) is 16.0. The van der Waals surface area contributed by atoms with Gasteiger partial charge in [0.05, 0.1) is 12.2 Å². The average molecular weight is 360 g/mol. The molecule has 26 heavy (non-hydrogen) atoms. The third-order valence-corrected chi connectivity index (χ3v) is 5.76. The Hall–Kier alpha value is -1.90. The summed E-state index contributed by atoms with van der Waals surface area (Å²) in [5, 5.41) is 0. The van der Waals surface area contributed by atoms with Crippen molar-refractivity contribution in [1.29, 1.82) is 0 Å². The van der Waals surface area contributed by atoms with Crippen molar-refractivity contribution in [3.05, 3.63) is 60.2 Å². The van der Waals surface area contributed by atoms with E-state index in [9.17, 15) is 8.78 Å². The highest BCUT2D eigenvalue weighted by Gasteiger charge is 2.31. The number of benzene rings is 1. The molecule has 0 spiro atoms. The predicted molar refractivity (Wildman–Crippen MR) is 108 cm³/mol. The number of nitrogens with two attached hydrogens (primary N) is 1. The van der Waals surface area contributed by atoms with Crippen molar-refractivity contribution in [3.8, 4) is 0 Å². The lowest BCUT2D eigenvalue weighted by Crippen LogP contribution is -2.10. The lowest BCUT2D eigenvalue weighted by molar-refractivity contribution is 0.354. The molecule has 0 heterocycles. The van der Waals surface area contributed by atoms with Gasteiger partial charge in [-0.1, -0.05) is 37.8 Å². The van der Waals surface area contributed by atoms with E-state index in [0.717, 1.165) is 30.5 Å². The van der Waals surface area contributed by atoms with Gasteiger partial charge in [0, 0.05) is 17.7 Å². The van der Waals surface area contributed by atoms with Crippen molar-refractivity contribution in [2.24, 2.45) is 17.8 Å². The number of anilines is 1. The second-order valence-electron chi connectivity index (χ2n) is 7.57. The average Bonchev–Trinajstić information content (AvgIpc) is 3.10. The molecule has 1 aromatic carbocycles. The van der Waals surface area contributed by atoms with Crippen LogP contribution in [0.15, 0.2) is 54.7 Å². The number of rotatable bonds is 8. The number of hydrogen-bond donors (Lipinski definition) is 1. The van der Waals surface area contributed by atoms with E-state index in [2.05, 4.69) is 32.6 Å². The molecule has 2 rings (SSSR count). The van der Waals surface area contributed by atoms with Gasteiger partial charge in [-0.2, -0.15) is 0 Å². The smallest absolute Gasteiger partial charge is 0.0931 e. The van der Waals surface area contributed by atoms with E-state index < -0.39 is 0 Å². The fourth-order valence-corrected chi connectivity index (χ4v) is 4.26. The topological polar surface area (TPSA) is 26.0 Å². The minimum Gasteiger partial charge on any atom is -0.398 e. The minimum absolute atomic E-state index is 0.214. The van der Waals surface area contributed by atoms with E-state index in [1.807, 2.05) is 18.2 Å². The van der Waals surface area contributed by atoms with Crippen molar-refractivity contribution >= 4 is 11.3 Å². The third-order valence-electron chi connectivity index (χ3n) is 5.76. The Bertz CT molecular complexity index is 675. The molecule has 1 nitrogen and oxygen atoms in total. The lowest BCUT2D eigenvalue weighted by atomic mass is 9.84. The quantitative estimate of drug-likeness (QED) is 0.487. The molecular weight excluding hydrogens is 328 g/mol. The van der Waals surface area contributed by atoms with Gasteiger partial charge in [0.2, 0.25) is 0 Å². The standard InChI is InChI=1S/C23H31F2N/c1-4-21(22-7-5-6-8-23(22)26)20-12-11-19(14-20)16(2)13-18(15-24)10-9-17(3)25/h4-8,15-16,19-20H,3,9-14,26H2,1-2H3/b18-15+,21-4-. The van der Waals surface area contributed by atoms with Crippen LogP contribution in [0.1, 0.15) is 57.9 Å². The van der Waals surface area contributed by atoms with Crippen LogP contribution in [0.25, 0.3) is 5.57 Å². The Balaban J connectivity index is 1.98. The van der Waals surface area contributed by atoms with Crippen LogP contribution < -0.4 is 5.73 Å². The molecule has 1 fully saturated rings. The van der Waals surface area contributed by atoms with Gasteiger partial charge in [0.25, 0.3) is 0 Å². The maximum atomic E-state index is 13.1. The maximum Gasteiger partial charge on any atom is 0.0931 e. The zero-order chi connectivity index (χ0) is 19.1. The van der Waals surface area contributed by atoms with Crippen LogP contribution in [0.3, 0.4) is 0 Å². The molecule has 1 aromatic rings. The van der Waals surface area contributed by atoms with Crippen molar-refractivity contribution in [3.63, 3.8) is 0 Å². The molecular formula is C23H31F2N. The first-order valence-electron chi connectivity index (χ1n) is 9.58. The first kappa shape index (κ1) is 20.4. The summed E-state index contributed by atoms with van der Waals surface area (Å²) in [6.07, 6.45) is 7.56. The van der Waals surface area contributed by atoms with Gasteiger partial charge >= 0.3 is 0 Å². The Labute approximate surface area is 156 Å². The van der Waals surface area contributed by atoms with Crippen LogP contribution in [0.2, 0.25) is 0 Å². The molecule has 3 unspecified atom stereocenters. The van der Waals surface area contributed by atoms with Gasteiger partial charge in [-0.15, -0.1) is 0 Å². The van der Waals surface area contributed by atoms with Gasteiger partial charge in [-0.25, -0.2) is 8.78 Å². The van der Waals surface area contributed by atoms with E-state index in [1.165, 1.54) is 5.57 Å². The van der Waals surface area contributed by atoms with E-state index in [1.54, 1.807) is 0 Å². The highest BCUT2D eigenvalue weighted by atomic mass is 19.1. The highest BCUT2D eigenvalue weighted by molar-refractivity contribution is 5.76. The molecule has 2 N–H and O–H groups in total. The predicted octanol–water partition coefficient (Wildman–Crippen LogP) is 7.23. The Morgan fingerprint density at radius 3 is 2.65 bits per heavy atom. The fraction of sp³-hybridized carbons (Fsp3) is 0.478. The van der Waals surface area contributed by atoms with Crippen molar-refractivity contribution in [2.75, 3.05) is 5.73 Å². The zero-order valence-electron chi connectivity index (χ0n) is 16.0. The maximum absolute atomic E-state index is 13.1. The summed E-state index contributed by atoms with van der Waals surface area (Å²) in [4.78, 5) is 0. The Morgan fingerprint density at radius 1 is 1.31 bits per heavy atom. The van der Waals surface area contributed by atoms with Gasteiger partial charge < -0.3 is 5.73 Å².